The maximum Gasteiger partial charge on any atom is 0.331 e. The molecule has 2 aromatic carbocycles. The fourth-order valence-electron chi connectivity index (χ4n) is 2.32. The monoisotopic (exact) mass is 348 g/mol. The van der Waals surface area contributed by atoms with Crippen LogP contribution in [0.3, 0.4) is 0 Å². The van der Waals surface area contributed by atoms with Crippen LogP contribution in [0.2, 0.25) is 0 Å². The van der Waals surface area contributed by atoms with E-state index in [4.69, 9.17) is 10.00 Å². The number of benzene rings is 2. The molecule has 0 unspecified atom stereocenters. The minimum atomic E-state index is -0.610. The molecule has 0 spiro atoms. The molecule has 26 heavy (non-hydrogen) atoms. The normalized spacial score (nSPS) is 10.5. The molecule has 2 rings (SSSR count). The summed E-state index contributed by atoms with van der Waals surface area (Å²) in [6, 6.07) is 16.3. The van der Waals surface area contributed by atoms with Gasteiger partial charge in [-0.2, -0.15) is 5.26 Å². The van der Waals surface area contributed by atoms with E-state index in [9.17, 15) is 9.59 Å². The van der Waals surface area contributed by atoms with Crippen molar-refractivity contribution in [3.63, 3.8) is 0 Å². The molecule has 1 N–H and O–H groups in total. The van der Waals surface area contributed by atoms with Crippen LogP contribution in [0.15, 0.2) is 54.6 Å². The van der Waals surface area contributed by atoms with Crippen molar-refractivity contribution < 1.29 is 14.3 Å². The zero-order valence-corrected chi connectivity index (χ0v) is 14.7. The number of hydrogen-bond donors (Lipinski definition) is 1. The summed E-state index contributed by atoms with van der Waals surface area (Å²) in [5.41, 5.74) is 3.05. The Hall–Kier alpha value is -3.39. The summed E-state index contributed by atoms with van der Waals surface area (Å²) >= 11 is 0. The number of para-hydroxylation sites is 1. The molecule has 0 aliphatic carbocycles. The Labute approximate surface area is 152 Å². The number of rotatable bonds is 6. The van der Waals surface area contributed by atoms with Crippen molar-refractivity contribution in [1.82, 2.24) is 0 Å². The summed E-state index contributed by atoms with van der Waals surface area (Å²) in [7, 11) is 0. The van der Waals surface area contributed by atoms with E-state index in [1.54, 1.807) is 30.3 Å². The maximum absolute atomic E-state index is 12.0. The predicted octanol–water partition coefficient (Wildman–Crippen LogP) is 3.88. The Morgan fingerprint density at radius 1 is 1.15 bits per heavy atom. The highest BCUT2D eigenvalue weighted by molar-refractivity contribution is 5.95. The number of nitrogens with zero attached hydrogens (tertiary/aromatic N) is 1. The van der Waals surface area contributed by atoms with Crippen LogP contribution in [0.25, 0.3) is 6.08 Å². The summed E-state index contributed by atoms with van der Waals surface area (Å²) in [5.74, 6) is -0.732. The lowest BCUT2D eigenvalue weighted by molar-refractivity contribution is -0.142. The maximum atomic E-state index is 12.0. The molecular formula is C21H20N2O3. The first-order valence-corrected chi connectivity index (χ1v) is 8.23. The molecule has 0 bridgehead atoms. The number of nitriles is 1. The van der Waals surface area contributed by atoms with Gasteiger partial charge in [0.05, 0.1) is 11.6 Å². The van der Waals surface area contributed by atoms with E-state index >= 15 is 0 Å². The molecule has 132 valence electrons. The lowest BCUT2D eigenvalue weighted by Gasteiger charge is -2.13. The highest BCUT2D eigenvalue weighted by atomic mass is 16.5. The molecule has 0 heterocycles. The van der Waals surface area contributed by atoms with Crippen molar-refractivity contribution in [1.29, 1.82) is 5.26 Å². The highest BCUT2D eigenvalue weighted by Crippen LogP contribution is 2.23. The first-order chi connectivity index (χ1) is 12.5. The van der Waals surface area contributed by atoms with Crippen LogP contribution in [0.1, 0.15) is 36.5 Å². The van der Waals surface area contributed by atoms with Crippen molar-refractivity contribution >= 4 is 23.6 Å². The average molecular weight is 348 g/mol. The number of anilines is 1. The van der Waals surface area contributed by atoms with Crippen molar-refractivity contribution in [3.8, 4) is 6.07 Å². The molecule has 0 radical (unpaired) electrons. The SMILES string of the molecule is CC(C)c1ccccc1NC(=O)COC(=O)/C=C/c1ccc(C#N)cc1. The second-order valence-corrected chi connectivity index (χ2v) is 5.96. The summed E-state index contributed by atoms with van der Waals surface area (Å²) in [6.45, 7) is 3.72. The van der Waals surface area contributed by atoms with Crippen LogP contribution in [0.4, 0.5) is 5.69 Å². The van der Waals surface area contributed by atoms with E-state index in [0.717, 1.165) is 16.8 Å². The van der Waals surface area contributed by atoms with E-state index in [0.29, 0.717) is 5.56 Å². The number of carbonyl (C=O) groups excluding carboxylic acids is 2. The smallest absolute Gasteiger partial charge is 0.331 e. The van der Waals surface area contributed by atoms with Gasteiger partial charge in [0, 0.05) is 11.8 Å². The zero-order valence-electron chi connectivity index (χ0n) is 14.7. The summed E-state index contributed by atoms with van der Waals surface area (Å²) in [6.07, 6.45) is 2.81. The van der Waals surface area contributed by atoms with Crippen LogP contribution in [0, 0.1) is 11.3 Å². The van der Waals surface area contributed by atoms with Crippen molar-refractivity contribution in [2.24, 2.45) is 0 Å². The van der Waals surface area contributed by atoms with Crippen LogP contribution < -0.4 is 5.32 Å². The van der Waals surface area contributed by atoms with E-state index in [1.807, 2.05) is 44.2 Å². The third-order valence-electron chi connectivity index (χ3n) is 3.65. The van der Waals surface area contributed by atoms with Crippen molar-refractivity contribution in [3.05, 3.63) is 71.3 Å². The van der Waals surface area contributed by atoms with Gasteiger partial charge >= 0.3 is 5.97 Å². The van der Waals surface area contributed by atoms with Gasteiger partial charge in [-0.05, 0) is 41.3 Å². The Morgan fingerprint density at radius 2 is 1.85 bits per heavy atom. The molecule has 0 atom stereocenters. The van der Waals surface area contributed by atoms with Gasteiger partial charge in [-0.25, -0.2) is 4.79 Å². The summed E-state index contributed by atoms with van der Waals surface area (Å²) < 4.78 is 4.95. The van der Waals surface area contributed by atoms with E-state index < -0.39 is 11.9 Å². The highest BCUT2D eigenvalue weighted by Gasteiger charge is 2.10. The van der Waals surface area contributed by atoms with Crippen LogP contribution in [-0.2, 0) is 14.3 Å². The first kappa shape index (κ1) is 18.9. The minimum Gasteiger partial charge on any atom is -0.452 e. The Balaban J connectivity index is 1.86. The van der Waals surface area contributed by atoms with Gasteiger partial charge in [-0.1, -0.05) is 44.2 Å². The molecule has 0 saturated carbocycles. The Bertz CT molecular complexity index is 846. The molecule has 1 amide bonds. The topological polar surface area (TPSA) is 79.2 Å². The van der Waals surface area contributed by atoms with E-state index in [2.05, 4.69) is 5.32 Å². The predicted molar refractivity (Wildman–Crippen MR) is 100 cm³/mol. The molecule has 5 heteroatoms. The van der Waals surface area contributed by atoms with Gasteiger partial charge in [0.1, 0.15) is 0 Å². The Morgan fingerprint density at radius 3 is 2.50 bits per heavy atom. The minimum absolute atomic E-state index is 0.268. The number of nitrogens with one attached hydrogen (secondary N) is 1. The molecule has 2 aromatic rings. The van der Waals surface area contributed by atoms with Crippen LogP contribution >= 0.6 is 0 Å². The molecule has 5 nitrogen and oxygen atoms in total. The number of amides is 1. The fraction of sp³-hybridized carbons (Fsp3) is 0.190. The summed E-state index contributed by atoms with van der Waals surface area (Å²) in [5, 5.41) is 11.5. The average Bonchev–Trinajstić information content (AvgIpc) is 2.65. The van der Waals surface area contributed by atoms with Gasteiger partial charge in [0.25, 0.3) is 5.91 Å². The molecule has 0 aromatic heterocycles. The lowest BCUT2D eigenvalue weighted by Crippen LogP contribution is -2.21. The van der Waals surface area contributed by atoms with Crippen LogP contribution in [-0.4, -0.2) is 18.5 Å². The first-order valence-electron chi connectivity index (χ1n) is 8.23. The van der Waals surface area contributed by atoms with Crippen molar-refractivity contribution in [2.75, 3.05) is 11.9 Å². The van der Waals surface area contributed by atoms with Gasteiger partial charge < -0.3 is 10.1 Å². The second-order valence-electron chi connectivity index (χ2n) is 5.96. The molecule has 0 aliphatic rings. The summed E-state index contributed by atoms with van der Waals surface area (Å²) in [4.78, 5) is 23.7. The largest absolute Gasteiger partial charge is 0.452 e. The Kier molecular flexibility index (Phi) is 6.69. The standard InChI is InChI=1S/C21H20N2O3/c1-15(2)18-5-3-4-6-19(18)23-20(24)14-26-21(25)12-11-16-7-9-17(13-22)10-8-16/h3-12,15H,14H2,1-2H3,(H,23,24)/b12-11+. The molecule has 0 saturated heterocycles. The van der Waals surface area contributed by atoms with E-state index in [-0.39, 0.29) is 12.5 Å². The van der Waals surface area contributed by atoms with Crippen LogP contribution in [0.5, 0.6) is 0 Å². The fourth-order valence-corrected chi connectivity index (χ4v) is 2.32. The number of ether oxygens (including phenoxy) is 1. The number of esters is 1. The number of hydrogen-bond acceptors (Lipinski definition) is 4. The third-order valence-corrected chi connectivity index (χ3v) is 3.65. The van der Waals surface area contributed by atoms with Gasteiger partial charge in [0.2, 0.25) is 0 Å². The quantitative estimate of drug-likeness (QED) is 0.635. The van der Waals surface area contributed by atoms with Gasteiger partial charge in [-0.3, -0.25) is 4.79 Å². The third kappa shape index (κ3) is 5.60. The van der Waals surface area contributed by atoms with Gasteiger partial charge in [-0.15, -0.1) is 0 Å². The number of carbonyl (C=O) groups is 2. The van der Waals surface area contributed by atoms with Gasteiger partial charge in [0.15, 0.2) is 6.61 Å². The lowest BCUT2D eigenvalue weighted by atomic mass is 10.0. The van der Waals surface area contributed by atoms with E-state index in [1.165, 1.54) is 6.08 Å². The zero-order chi connectivity index (χ0) is 18.9. The van der Waals surface area contributed by atoms with Crippen molar-refractivity contribution in [2.45, 2.75) is 19.8 Å². The molecular weight excluding hydrogens is 328 g/mol. The molecule has 0 fully saturated rings. The molecule has 0 aliphatic heterocycles. The second kappa shape index (κ2) is 9.19.